The Hall–Kier alpha value is -1.97. The van der Waals surface area contributed by atoms with Crippen molar-refractivity contribution in [2.45, 2.75) is 30.7 Å². The second-order valence-corrected chi connectivity index (χ2v) is 9.56. The molecule has 0 aliphatic rings. The average Bonchev–Trinajstić information content (AvgIpc) is 3.09. The molecule has 0 aliphatic carbocycles. The van der Waals surface area contributed by atoms with Crippen LogP contribution in [0.25, 0.3) is 10.9 Å². The van der Waals surface area contributed by atoms with Gasteiger partial charge in [-0.2, -0.15) is 33.4 Å². The van der Waals surface area contributed by atoms with Gasteiger partial charge in [0.2, 0.25) is 0 Å². The monoisotopic (exact) mass is 457 g/mol. The Balaban J connectivity index is 2.01. The fourth-order valence-corrected chi connectivity index (χ4v) is 4.76. The Bertz CT molecular complexity index is 1110. The molecule has 9 heteroatoms. The van der Waals surface area contributed by atoms with Crippen molar-refractivity contribution in [2.75, 3.05) is 12.0 Å². The maximum Gasteiger partial charge on any atom is 0.416 e. The summed E-state index contributed by atoms with van der Waals surface area (Å²) in [6, 6.07) is 10.9. The summed E-state index contributed by atoms with van der Waals surface area (Å²) in [6.07, 6.45) is -0.0354. The molecule has 3 rings (SSSR count). The van der Waals surface area contributed by atoms with Crippen LogP contribution in [0.1, 0.15) is 41.0 Å². The van der Waals surface area contributed by atoms with Crippen LogP contribution in [0.15, 0.2) is 48.7 Å². The molecule has 2 aromatic carbocycles. The van der Waals surface area contributed by atoms with E-state index in [0.717, 1.165) is 39.9 Å². The largest absolute Gasteiger partial charge is 0.416 e. The highest BCUT2D eigenvalue weighted by Gasteiger charge is 2.30. The molecule has 1 atom stereocenters. The van der Waals surface area contributed by atoms with Crippen LogP contribution in [0.3, 0.4) is 0 Å². The highest BCUT2D eigenvalue weighted by Crippen LogP contribution is 2.37. The van der Waals surface area contributed by atoms with E-state index in [1.807, 2.05) is 30.7 Å². The lowest BCUT2D eigenvalue weighted by atomic mass is 9.87. The molecule has 3 aromatic rings. The van der Waals surface area contributed by atoms with Crippen LogP contribution in [-0.2, 0) is 22.0 Å². The van der Waals surface area contributed by atoms with E-state index in [2.05, 4.69) is 4.98 Å². The molecule has 0 aliphatic heterocycles. The number of aromatic nitrogens is 1. The van der Waals surface area contributed by atoms with Crippen molar-refractivity contribution >= 4 is 32.8 Å². The van der Waals surface area contributed by atoms with E-state index in [4.69, 9.17) is 4.55 Å². The van der Waals surface area contributed by atoms with Crippen molar-refractivity contribution in [1.29, 1.82) is 0 Å². The van der Waals surface area contributed by atoms with E-state index >= 15 is 0 Å². The first-order valence-electron chi connectivity index (χ1n) is 9.30. The number of para-hydroxylation sites is 1. The number of hydrogen-bond acceptors (Lipinski definition) is 3. The zero-order valence-corrected chi connectivity index (χ0v) is 17.9. The van der Waals surface area contributed by atoms with Crippen molar-refractivity contribution in [2.24, 2.45) is 0 Å². The first-order valence-corrected chi connectivity index (χ1v) is 12.3. The molecule has 0 spiro atoms. The normalized spacial score (nSPS) is 13.6. The number of H-pyrrole nitrogens is 1. The molecule has 1 aromatic heterocycles. The summed E-state index contributed by atoms with van der Waals surface area (Å²) in [5, 5.41) is 0.957. The van der Waals surface area contributed by atoms with E-state index in [-0.39, 0.29) is 12.3 Å². The number of nitrogens with one attached hydrogen (secondary N) is 1. The minimum Gasteiger partial charge on any atom is -0.361 e. The number of fused-ring (bicyclic) bond motifs is 1. The minimum absolute atomic E-state index is 0.182. The number of aromatic amines is 1. The van der Waals surface area contributed by atoms with Gasteiger partial charge in [0.15, 0.2) is 0 Å². The maximum atomic E-state index is 13.0. The molecule has 30 heavy (non-hydrogen) atoms. The minimum atomic E-state index is -4.42. The van der Waals surface area contributed by atoms with Gasteiger partial charge in [-0.1, -0.05) is 30.3 Å². The molecule has 0 amide bonds. The van der Waals surface area contributed by atoms with Crippen LogP contribution in [0.5, 0.6) is 0 Å². The molecule has 0 bridgehead atoms. The molecule has 2 N–H and O–H groups in total. The molecule has 1 unspecified atom stereocenters. The Morgan fingerprint density at radius 3 is 2.43 bits per heavy atom. The number of alkyl halides is 3. The summed E-state index contributed by atoms with van der Waals surface area (Å²) in [5.41, 5.74) is 2.91. The van der Waals surface area contributed by atoms with E-state index in [1.54, 1.807) is 11.8 Å². The first-order chi connectivity index (χ1) is 14.1. The molecule has 0 saturated carbocycles. The summed E-state index contributed by atoms with van der Waals surface area (Å²) < 4.78 is 70.2. The number of thioether (sulfide) groups is 1. The van der Waals surface area contributed by atoms with Gasteiger partial charge >= 0.3 is 6.18 Å². The number of benzene rings is 2. The summed E-state index contributed by atoms with van der Waals surface area (Å²) in [4.78, 5) is 3.27. The van der Waals surface area contributed by atoms with Crippen LogP contribution in [-0.4, -0.2) is 30.0 Å². The lowest BCUT2D eigenvalue weighted by Crippen LogP contribution is -2.09. The third-order valence-corrected chi connectivity index (χ3v) is 6.45. The average molecular weight is 458 g/mol. The van der Waals surface area contributed by atoms with Crippen LogP contribution in [0.4, 0.5) is 13.2 Å². The van der Waals surface area contributed by atoms with Gasteiger partial charge < -0.3 is 4.98 Å². The topological polar surface area (TPSA) is 70.2 Å². The predicted octanol–water partition coefficient (Wildman–Crippen LogP) is 5.85. The molecule has 1 heterocycles. The summed E-state index contributed by atoms with van der Waals surface area (Å²) in [5.74, 6) is 0.0992. The van der Waals surface area contributed by atoms with Crippen molar-refractivity contribution in [3.05, 3.63) is 70.9 Å². The van der Waals surface area contributed by atoms with Crippen LogP contribution in [0, 0.1) is 0 Å². The lowest BCUT2D eigenvalue weighted by Gasteiger charge is -2.18. The van der Waals surface area contributed by atoms with Gasteiger partial charge in [-0.3, -0.25) is 4.55 Å². The number of halogens is 3. The Labute approximate surface area is 177 Å². The van der Waals surface area contributed by atoms with Crippen LogP contribution < -0.4 is 0 Å². The van der Waals surface area contributed by atoms with Crippen molar-refractivity contribution < 1.29 is 26.1 Å². The van der Waals surface area contributed by atoms with E-state index in [1.165, 1.54) is 12.1 Å². The zero-order chi connectivity index (χ0) is 21.9. The molecule has 0 saturated heterocycles. The Morgan fingerprint density at radius 1 is 1.13 bits per heavy atom. The van der Waals surface area contributed by atoms with Gasteiger partial charge in [0.05, 0.1) is 11.3 Å². The van der Waals surface area contributed by atoms with Crippen molar-refractivity contribution in [1.82, 2.24) is 4.98 Å². The van der Waals surface area contributed by atoms with Gasteiger partial charge in [0, 0.05) is 28.8 Å². The van der Waals surface area contributed by atoms with Gasteiger partial charge in [-0.25, -0.2) is 0 Å². The number of hydrogen-bond donors (Lipinski definition) is 2. The van der Waals surface area contributed by atoms with Crippen molar-refractivity contribution in [3.8, 4) is 0 Å². The van der Waals surface area contributed by atoms with E-state index in [0.29, 0.717) is 12.0 Å². The van der Waals surface area contributed by atoms with Gasteiger partial charge in [0.1, 0.15) is 0 Å². The summed E-state index contributed by atoms with van der Waals surface area (Å²) in [7, 11) is -4.11. The second kappa shape index (κ2) is 9.03. The molecule has 162 valence electrons. The maximum absolute atomic E-state index is 13.0. The van der Waals surface area contributed by atoms with Crippen LogP contribution in [0.2, 0.25) is 0 Å². The lowest BCUT2D eigenvalue weighted by molar-refractivity contribution is -0.137. The van der Waals surface area contributed by atoms with Gasteiger partial charge in [0.25, 0.3) is 10.1 Å². The Morgan fingerprint density at radius 2 is 1.83 bits per heavy atom. The predicted molar refractivity (Wildman–Crippen MR) is 114 cm³/mol. The molecule has 0 radical (unpaired) electrons. The highest BCUT2D eigenvalue weighted by atomic mass is 32.2. The zero-order valence-electron chi connectivity index (χ0n) is 16.2. The van der Waals surface area contributed by atoms with Gasteiger partial charge in [-0.15, -0.1) is 0 Å². The molecule has 4 nitrogen and oxygen atoms in total. The smallest absolute Gasteiger partial charge is 0.361 e. The third kappa shape index (κ3) is 5.39. The van der Waals surface area contributed by atoms with Crippen LogP contribution >= 0.6 is 11.8 Å². The second-order valence-electron chi connectivity index (χ2n) is 7.12. The first kappa shape index (κ1) is 22.7. The molecular formula is C21H22F3NO3S2. The fraction of sp³-hybridized carbons (Fsp3) is 0.333. The SMILES string of the molecule is CSCc1cccc2c(C(CCCS(=O)(=O)O)c3ccc(C(F)(F)F)cc3)c[nH]c12. The number of rotatable bonds is 8. The van der Waals surface area contributed by atoms with Gasteiger partial charge in [-0.05, 0) is 47.9 Å². The molecular weight excluding hydrogens is 435 g/mol. The third-order valence-electron chi connectivity index (χ3n) is 5.04. The summed E-state index contributed by atoms with van der Waals surface area (Å²) in [6.45, 7) is 0. The Kier molecular flexibility index (Phi) is 6.84. The van der Waals surface area contributed by atoms with E-state index < -0.39 is 27.6 Å². The standard InChI is InChI=1S/C21H22F3NO3S2/c1-29-13-15-4-2-5-18-19(12-25-20(15)18)17(6-3-11-30(26,27)28)14-7-9-16(10-8-14)21(22,23)24/h2,4-5,7-10,12,17,25H,3,6,11,13H2,1H3,(H,26,27,28). The summed E-state index contributed by atoms with van der Waals surface area (Å²) >= 11 is 1.68. The van der Waals surface area contributed by atoms with Crippen molar-refractivity contribution in [3.63, 3.8) is 0 Å². The fourth-order valence-electron chi connectivity index (χ4n) is 3.68. The highest BCUT2D eigenvalue weighted by molar-refractivity contribution is 7.97. The molecule has 0 fully saturated rings. The van der Waals surface area contributed by atoms with E-state index in [9.17, 15) is 21.6 Å². The quantitative estimate of drug-likeness (QED) is 0.416.